The van der Waals surface area contributed by atoms with Crippen LogP contribution in [0.2, 0.25) is 0 Å². The molecule has 1 saturated carbocycles. The van der Waals surface area contributed by atoms with E-state index in [0.717, 1.165) is 16.6 Å². The Morgan fingerprint density at radius 2 is 2.33 bits per heavy atom. The van der Waals surface area contributed by atoms with Crippen molar-refractivity contribution in [3.63, 3.8) is 0 Å². The van der Waals surface area contributed by atoms with Crippen LogP contribution in [0.1, 0.15) is 19.8 Å². The van der Waals surface area contributed by atoms with Gasteiger partial charge in [-0.2, -0.15) is 0 Å². The van der Waals surface area contributed by atoms with Gasteiger partial charge in [0.05, 0.1) is 3.79 Å². The van der Waals surface area contributed by atoms with Crippen molar-refractivity contribution < 1.29 is 8.42 Å². The zero-order valence-electron chi connectivity index (χ0n) is 8.23. The van der Waals surface area contributed by atoms with Crippen molar-refractivity contribution in [1.29, 1.82) is 0 Å². The predicted molar refractivity (Wildman–Crippen MR) is 64.5 cm³/mol. The summed E-state index contributed by atoms with van der Waals surface area (Å²) in [5, 5.41) is 0. The molecule has 6 heteroatoms. The van der Waals surface area contributed by atoms with E-state index in [1.54, 1.807) is 12.1 Å². The van der Waals surface area contributed by atoms with Gasteiger partial charge < -0.3 is 0 Å². The summed E-state index contributed by atoms with van der Waals surface area (Å²) < 4.78 is 27.6. The van der Waals surface area contributed by atoms with E-state index < -0.39 is 10.0 Å². The van der Waals surface area contributed by atoms with E-state index in [-0.39, 0.29) is 6.04 Å². The molecule has 1 aromatic heterocycles. The van der Waals surface area contributed by atoms with Gasteiger partial charge in [-0.05, 0) is 40.4 Å². The minimum absolute atomic E-state index is 0.154. The molecular weight excluding hydrogens is 298 g/mol. The molecule has 2 atom stereocenters. The summed E-state index contributed by atoms with van der Waals surface area (Å²) >= 11 is 4.50. The smallest absolute Gasteiger partial charge is 0.207 e. The van der Waals surface area contributed by atoms with Crippen LogP contribution in [-0.4, -0.2) is 14.5 Å². The maximum atomic E-state index is 11.8. The van der Waals surface area contributed by atoms with Crippen LogP contribution in [0.5, 0.6) is 0 Å². The number of nitrogens with one attached hydrogen (secondary N) is 1. The molecule has 3 nitrogen and oxygen atoms in total. The Balaban J connectivity index is 2.08. The van der Waals surface area contributed by atoms with Crippen molar-refractivity contribution in [2.24, 2.45) is 5.92 Å². The third-order valence-electron chi connectivity index (χ3n) is 2.57. The van der Waals surface area contributed by atoms with Crippen LogP contribution in [0.15, 0.2) is 20.1 Å². The molecule has 15 heavy (non-hydrogen) atoms. The maximum absolute atomic E-state index is 11.8. The number of halogens is 1. The third kappa shape index (κ3) is 2.61. The van der Waals surface area contributed by atoms with E-state index in [2.05, 4.69) is 27.6 Å². The lowest BCUT2D eigenvalue weighted by molar-refractivity contribution is 0.578. The second-order valence-electron chi connectivity index (χ2n) is 3.69. The summed E-state index contributed by atoms with van der Waals surface area (Å²) in [5.41, 5.74) is 0. The fraction of sp³-hybridized carbons (Fsp3) is 0.556. The van der Waals surface area contributed by atoms with Crippen LogP contribution in [0.25, 0.3) is 0 Å². The van der Waals surface area contributed by atoms with Crippen LogP contribution >= 0.6 is 27.3 Å². The zero-order valence-corrected chi connectivity index (χ0v) is 11.5. The standard InChI is InChI=1S/C9H12BrNO2S2/c1-2-6-5-7(6)11-15(12,13)9-4-3-8(10)14-9/h3-4,6-7,11H,2,5H2,1H3. The molecule has 1 aliphatic carbocycles. The van der Waals surface area contributed by atoms with Crippen LogP contribution in [0.3, 0.4) is 0 Å². The minimum Gasteiger partial charge on any atom is -0.207 e. The van der Waals surface area contributed by atoms with E-state index in [1.165, 1.54) is 11.3 Å². The Morgan fingerprint density at radius 3 is 2.80 bits per heavy atom. The lowest BCUT2D eigenvalue weighted by Gasteiger charge is -2.02. The van der Waals surface area contributed by atoms with Crippen LogP contribution in [0, 0.1) is 5.92 Å². The van der Waals surface area contributed by atoms with Gasteiger partial charge in [0.15, 0.2) is 0 Å². The van der Waals surface area contributed by atoms with Gasteiger partial charge in [-0.15, -0.1) is 11.3 Å². The predicted octanol–water partition coefficient (Wildman–Crippen LogP) is 2.59. The fourth-order valence-electron chi connectivity index (χ4n) is 1.54. The highest BCUT2D eigenvalue weighted by Gasteiger charge is 2.38. The SMILES string of the molecule is CCC1CC1NS(=O)(=O)c1ccc(Br)s1. The highest BCUT2D eigenvalue weighted by atomic mass is 79.9. The van der Waals surface area contributed by atoms with Gasteiger partial charge in [0.25, 0.3) is 0 Å². The molecule has 0 aliphatic heterocycles. The topological polar surface area (TPSA) is 46.2 Å². The Bertz CT molecular complexity index is 454. The molecule has 0 amide bonds. The van der Waals surface area contributed by atoms with Gasteiger partial charge in [0.2, 0.25) is 10.0 Å². The highest BCUT2D eigenvalue weighted by molar-refractivity contribution is 9.11. The Morgan fingerprint density at radius 1 is 1.60 bits per heavy atom. The van der Waals surface area contributed by atoms with Crippen molar-refractivity contribution in [2.75, 3.05) is 0 Å². The van der Waals surface area contributed by atoms with Gasteiger partial charge >= 0.3 is 0 Å². The average molecular weight is 310 g/mol. The van der Waals surface area contributed by atoms with Gasteiger partial charge in [-0.1, -0.05) is 13.3 Å². The fourth-order valence-corrected chi connectivity index (χ4v) is 4.89. The van der Waals surface area contributed by atoms with Crippen molar-refractivity contribution in [3.05, 3.63) is 15.9 Å². The maximum Gasteiger partial charge on any atom is 0.250 e. The lowest BCUT2D eigenvalue weighted by atomic mass is 10.3. The van der Waals surface area contributed by atoms with Crippen molar-refractivity contribution in [2.45, 2.75) is 30.0 Å². The van der Waals surface area contributed by atoms with Crippen LogP contribution < -0.4 is 4.72 Å². The molecule has 0 radical (unpaired) electrons. The van der Waals surface area contributed by atoms with Crippen molar-refractivity contribution in [3.8, 4) is 0 Å². The molecule has 1 aromatic rings. The first-order chi connectivity index (χ1) is 7.03. The molecule has 2 unspecified atom stereocenters. The Labute approximate surface area is 102 Å². The van der Waals surface area contributed by atoms with Gasteiger partial charge in [-0.25, -0.2) is 13.1 Å². The van der Waals surface area contributed by atoms with Gasteiger partial charge in [0.1, 0.15) is 4.21 Å². The average Bonchev–Trinajstić information content (AvgIpc) is 2.74. The molecule has 1 heterocycles. The molecule has 1 N–H and O–H groups in total. The number of sulfonamides is 1. The molecule has 0 bridgehead atoms. The summed E-state index contributed by atoms with van der Waals surface area (Å²) in [6, 6.07) is 3.53. The largest absolute Gasteiger partial charge is 0.250 e. The summed E-state index contributed by atoms with van der Waals surface area (Å²) in [5.74, 6) is 0.531. The van der Waals surface area contributed by atoms with Gasteiger partial charge in [-0.3, -0.25) is 0 Å². The summed E-state index contributed by atoms with van der Waals surface area (Å²) in [7, 11) is -3.28. The molecule has 0 spiro atoms. The number of rotatable bonds is 4. The molecular formula is C9H12BrNO2S2. The van der Waals surface area contributed by atoms with Crippen LogP contribution in [0.4, 0.5) is 0 Å². The highest BCUT2D eigenvalue weighted by Crippen LogP contribution is 2.35. The normalized spacial score (nSPS) is 25.5. The van der Waals surface area contributed by atoms with Crippen molar-refractivity contribution in [1.82, 2.24) is 4.72 Å². The first-order valence-electron chi connectivity index (χ1n) is 4.80. The minimum atomic E-state index is -3.28. The molecule has 84 valence electrons. The quantitative estimate of drug-likeness (QED) is 0.929. The molecule has 1 fully saturated rings. The summed E-state index contributed by atoms with van der Waals surface area (Å²) in [6.45, 7) is 2.08. The summed E-state index contributed by atoms with van der Waals surface area (Å²) in [4.78, 5) is 0. The van der Waals surface area contributed by atoms with Crippen LogP contribution in [-0.2, 0) is 10.0 Å². The molecule has 0 aromatic carbocycles. The van der Waals surface area contributed by atoms with E-state index in [1.807, 2.05) is 0 Å². The van der Waals surface area contributed by atoms with E-state index in [9.17, 15) is 8.42 Å². The number of hydrogen-bond acceptors (Lipinski definition) is 3. The molecule has 1 aliphatic rings. The second-order valence-corrected chi connectivity index (χ2v) is 8.09. The molecule has 0 saturated heterocycles. The summed E-state index contributed by atoms with van der Waals surface area (Å²) in [6.07, 6.45) is 2.02. The number of hydrogen-bond donors (Lipinski definition) is 1. The van der Waals surface area contributed by atoms with Crippen molar-refractivity contribution >= 4 is 37.3 Å². The van der Waals surface area contributed by atoms with Gasteiger partial charge in [0, 0.05) is 6.04 Å². The number of thiophene rings is 1. The first-order valence-corrected chi connectivity index (χ1v) is 7.90. The Kier molecular flexibility index (Phi) is 3.21. The van der Waals surface area contributed by atoms with E-state index in [4.69, 9.17) is 0 Å². The molecule has 2 rings (SSSR count). The van der Waals surface area contributed by atoms with E-state index >= 15 is 0 Å². The third-order valence-corrected chi connectivity index (χ3v) is 6.17. The lowest BCUT2D eigenvalue weighted by Crippen LogP contribution is -2.26. The van der Waals surface area contributed by atoms with E-state index in [0.29, 0.717) is 10.1 Å². The Hall–Kier alpha value is 0.0900. The monoisotopic (exact) mass is 309 g/mol. The second kappa shape index (κ2) is 4.16. The zero-order chi connectivity index (χ0) is 11.1. The first kappa shape index (κ1) is 11.6.